The van der Waals surface area contributed by atoms with Crippen molar-refractivity contribution in [1.82, 2.24) is 10.2 Å². The van der Waals surface area contributed by atoms with Gasteiger partial charge in [-0.3, -0.25) is 13.9 Å². The minimum atomic E-state index is -4.12. The lowest BCUT2D eigenvalue weighted by Gasteiger charge is -2.34. The molecule has 0 aromatic heterocycles. The normalized spacial score (nSPS) is 12.6. The van der Waals surface area contributed by atoms with Gasteiger partial charge in [0.1, 0.15) is 12.6 Å². The average Bonchev–Trinajstić information content (AvgIpc) is 3.03. The molecule has 0 spiro atoms. The number of nitrogens with one attached hydrogen (secondary N) is 1. The highest BCUT2D eigenvalue weighted by Gasteiger charge is 2.35. The van der Waals surface area contributed by atoms with E-state index >= 15 is 0 Å². The van der Waals surface area contributed by atoms with E-state index in [1.165, 1.54) is 17.0 Å². The van der Waals surface area contributed by atoms with E-state index in [9.17, 15) is 18.0 Å². The number of carbonyl (C=O) groups excluding carboxylic acids is 2. The highest BCUT2D eigenvalue weighted by atomic mass is 32.2. The molecular weight excluding hydrogens is 570 g/mol. The molecule has 7 nitrogen and oxygen atoms in total. The van der Waals surface area contributed by atoms with Gasteiger partial charge in [0.15, 0.2) is 0 Å². The van der Waals surface area contributed by atoms with Gasteiger partial charge in [-0.05, 0) is 68.1 Å². The summed E-state index contributed by atoms with van der Waals surface area (Å²) in [5.74, 6) is -0.758. The van der Waals surface area contributed by atoms with Crippen molar-refractivity contribution >= 4 is 27.5 Å². The van der Waals surface area contributed by atoms with Gasteiger partial charge >= 0.3 is 0 Å². The van der Waals surface area contributed by atoms with Gasteiger partial charge in [0.25, 0.3) is 10.0 Å². The van der Waals surface area contributed by atoms with Crippen LogP contribution in [0, 0.1) is 13.8 Å². The molecule has 0 unspecified atom stereocenters. The molecule has 230 valence electrons. The fourth-order valence-corrected chi connectivity index (χ4v) is 6.36. The van der Waals surface area contributed by atoms with Gasteiger partial charge in [0, 0.05) is 19.0 Å². The van der Waals surface area contributed by atoms with Crippen LogP contribution in [-0.2, 0) is 32.6 Å². The molecule has 0 heterocycles. The van der Waals surface area contributed by atoms with Crippen molar-refractivity contribution in [2.75, 3.05) is 10.8 Å². The summed E-state index contributed by atoms with van der Waals surface area (Å²) < 4.78 is 29.2. The Labute approximate surface area is 261 Å². The molecule has 1 N–H and O–H groups in total. The van der Waals surface area contributed by atoms with Crippen LogP contribution in [0.25, 0.3) is 0 Å². The number of anilines is 1. The Hall–Kier alpha value is -4.43. The monoisotopic (exact) mass is 611 g/mol. The van der Waals surface area contributed by atoms with Crippen molar-refractivity contribution in [2.24, 2.45) is 0 Å². The van der Waals surface area contributed by atoms with Crippen LogP contribution in [0.2, 0.25) is 0 Å². The molecule has 2 amide bonds. The van der Waals surface area contributed by atoms with Crippen LogP contribution in [0.4, 0.5) is 5.69 Å². The van der Waals surface area contributed by atoms with Crippen LogP contribution in [-0.4, -0.2) is 43.8 Å². The van der Waals surface area contributed by atoms with Crippen molar-refractivity contribution in [2.45, 2.75) is 64.1 Å². The largest absolute Gasteiger partial charge is 0.352 e. The zero-order chi connectivity index (χ0) is 31.7. The summed E-state index contributed by atoms with van der Waals surface area (Å²) in [4.78, 5) is 30.0. The van der Waals surface area contributed by atoms with E-state index in [0.29, 0.717) is 5.69 Å². The summed E-state index contributed by atoms with van der Waals surface area (Å²) in [6.07, 6.45) is 1.00. The first kappa shape index (κ1) is 32.5. The third kappa shape index (κ3) is 8.14. The summed E-state index contributed by atoms with van der Waals surface area (Å²) in [5, 5.41) is 3.07. The molecule has 8 heteroatoms. The van der Waals surface area contributed by atoms with Crippen molar-refractivity contribution in [3.8, 4) is 0 Å². The second kappa shape index (κ2) is 14.8. The second-order valence-corrected chi connectivity index (χ2v) is 13.0. The number of aryl methyl sites for hydroxylation is 2. The van der Waals surface area contributed by atoms with Gasteiger partial charge < -0.3 is 10.2 Å². The molecule has 0 fully saturated rings. The minimum Gasteiger partial charge on any atom is -0.352 e. The molecule has 0 radical (unpaired) electrons. The molecule has 0 bridgehead atoms. The lowest BCUT2D eigenvalue weighted by atomic mass is 10.0. The summed E-state index contributed by atoms with van der Waals surface area (Å²) in [7, 11) is -4.12. The quantitative estimate of drug-likeness (QED) is 0.199. The maximum atomic E-state index is 14.5. The molecule has 4 aromatic carbocycles. The number of benzene rings is 4. The average molecular weight is 612 g/mol. The molecule has 4 aromatic rings. The first-order valence-electron chi connectivity index (χ1n) is 14.9. The van der Waals surface area contributed by atoms with Crippen molar-refractivity contribution in [3.05, 3.63) is 131 Å². The molecular formula is C36H41N3O4S. The van der Waals surface area contributed by atoms with Crippen LogP contribution in [0.5, 0.6) is 0 Å². The molecule has 4 rings (SSSR count). The van der Waals surface area contributed by atoms with Crippen LogP contribution in [0.3, 0.4) is 0 Å². The van der Waals surface area contributed by atoms with Crippen LogP contribution >= 0.6 is 0 Å². The Morgan fingerprint density at radius 1 is 0.795 bits per heavy atom. The summed E-state index contributed by atoms with van der Waals surface area (Å²) in [5.41, 5.74) is 4.07. The predicted molar refractivity (Wildman–Crippen MR) is 176 cm³/mol. The minimum absolute atomic E-state index is 0.0779. The molecule has 44 heavy (non-hydrogen) atoms. The third-order valence-corrected chi connectivity index (χ3v) is 9.59. The van der Waals surface area contributed by atoms with E-state index in [-0.39, 0.29) is 29.8 Å². The van der Waals surface area contributed by atoms with E-state index in [1.54, 1.807) is 30.3 Å². The number of amides is 2. The fraction of sp³-hybridized carbons (Fsp3) is 0.278. The van der Waals surface area contributed by atoms with Gasteiger partial charge in [-0.15, -0.1) is 0 Å². The number of carbonyl (C=O) groups is 2. The Balaban J connectivity index is 1.80. The highest BCUT2D eigenvalue weighted by Crippen LogP contribution is 2.26. The van der Waals surface area contributed by atoms with E-state index in [2.05, 4.69) is 5.32 Å². The van der Waals surface area contributed by atoms with E-state index in [1.807, 2.05) is 94.4 Å². The van der Waals surface area contributed by atoms with E-state index in [4.69, 9.17) is 0 Å². The number of sulfonamides is 1. The van der Waals surface area contributed by atoms with Gasteiger partial charge in [-0.1, -0.05) is 97.4 Å². The highest BCUT2D eigenvalue weighted by molar-refractivity contribution is 7.92. The Bertz CT molecular complexity index is 1640. The molecule has 0 aliphatic rings. The molecule has 0 saturated carbocycles. The van der Waals surface area contributed by atoms with Gasteiger partial charge in [0.2, 0.25) is 11.8 Å². The predicted octanol–water partition coefficient (Wildman–Crippen LogP) is 6.05. The number of rotatable bonds is 13. The number of hydrogen-bond acceptors (Lipinski definition) is 4. The first-order chi connectivity index (χ1) is 21.1. The van der Waals surface area contributed by atoms with Crippen LogP contribution in [0.1, 0.15) is 42.5 Å². The molecule has 0 aliphatic heterocycles. The maximum absolute atomic E-state index is 14.5. The number of nitrogens with zero attached hydrogens (tertiary/aromatic N) is 2. The van der Waals surface area contributed by atoms with Crippen LogP contribution in [0.15, 0.2) is 114 Å². The fourth-order valence-electron chi connectivity index (χ4n) is 4.93. The van der Waals surface area contributed by atoms with E-state index in [0.717, 1.165) is 33.0 Å². The van der Waals surface area contributed by atoms with Crippen molar-refractivity contribution < 1.29 is 18.0 Å². The summed E-state index contributed by atoms with van der Waals surface area (Å²) >= 11 is 0. The Morgan fingerprint density at radius 2 is 1.39 bits per heavy atom. The SMILES string of the molecule is CC[C@H](C)NC(=O)[C@H](Cc1ccccc1)N(Cc1ccccc1C)C(=O)CN(c1ccc(C)cc1)S(=O)(=O)c1ccccc1. The van der Waals surface area contributed by atoms with Gasteiger partial charge in [-0.25, -0.2) is 8.42 Å². The summed E-state index contributed by atoms with van der Waals surface area (Å²) in [6, 6.07) is 31.4. The molecule has 2 atom stereocenters. The van der Waals surface area contributed by atoms with Gasteiger partial charge in [-0.2, -0.15) is 0 Å². The van der Waals surface area contributed by atoms with Crippen LogP contribution < -0.4 is 9.62 Å². The first-order valence-corrected chi connectivity index (χ1v) is 16.4. The Morgan fingerprint density at radius 3 is 2.00 bits per heavy atom. The standard InChI is InChI=1S/C36H41N3O4S/c1-5-29(4)37-36(41)34(24-30-15-8-6-9-16-30)38(25-31-17-13-12-14-28(31)3)35(40)26-39(32-22-20-27(2)21-23-32)44(42,43)33-18-10-7-11-19-33/h6-23,29,34H,5,24-26H2,1-4H3,(H,37,41)/t29-,34-/m0/s1. The second-order valence-electron chi connectivity index (χ2n) is 11.1. The Kier molecular flexibility index (Phi) is 11.0. The lowest BCUT2D eigenvalue weighted by molar-refractivity contribution is -0.140. The topological polar surface area (TPSA) is 86.8 Å². The van der Waals surface area contributed by atoms with Crippen molar-refractivity contribution in [1.29, 1.82) is 0 Å². The molecule has 0 aliphatic carbocycles. The van der Waals surface area contributed by atoms with Crippen molar-refractivity contribution in [3.63, 3.8) is 0 Å². The maximum Gasteiger partial charge on any atom is 0.264 e. The van der Waals surface area contributed by atoms with Gasteiger partial charge in [0.05, 0.1) is 10.6 Å². The zero-order valence-corrected chi connectivity index (χ0v) is 26.6. The van der Waals surface area contributed by atoms with E-state index < -0.39 is 28.5 Å². The lowest BCUT2D eigenvalue weighted by Crippen LogP contribution is -2.54. The summed E-state index contributed by atoms with van der Waals surface area (Å²) in [6.45, 7) is 7.46. The number of hydrogen-bond donors (Lipinski definition) is 1. The molecule has 0 saturated heterocycles. The third-order valence-electron chi connectivity index (χ3n) is 7.81. The smallest absolute Gasteiger partial charge is 0.264 e. The zero-order valence-electron chi connectivity index (χ0n) is 25.8.